The summed E-state index contributed by atoms with van der Waals surface area (Å²) in [6, 6.07) is 0.854. The van der Waals surface area contributed by atoms with Crippen LogP contribution in [0.25, 0.3) is 0 Å². The van der Waals surface area contributed by atoms with Gasteiger partial charge in [-0.15, -0.1) is 0 Å². The molecule has 0 bridgehead atoms. The number of nitrogens with zero attached hydrogens (tertiary/aromatic N) is 4. The van der Waals surface area contributed by atoms with E-state index in [-0.39, 0.29) is 5.69 Å². The predicted molar refractivity (Wildman–Crippen MR) is 97.5 cm³/mol. The first-order valence-corrected chi connectivity index (χ1v) is 9.89. The minimum atomic E-state index is -1.04. The third kappa shape index (κ3) is 3.99. The summed E-state index contributed by atoms with van der Waals surface area (Å²) in [6.45, 7) is 4.15. The number of carboxylic acids is 1. The molecule has 3 heterocycles. The van der Waals surface area contributed by atoms with E-state index in [1.54, 1.807) is 6.20 Å². The number of aromatic carboxylic acids is 1. The number of ether oxygens (including phenoxy) is 1. The second-order valence-corrected chi connectivity index (χ2v) is 7.71. The predicted octanol–water partition coefficient (Wildman–Crippen LogP) is 2.18. The molecule has 2 aliphatic heterocycles. The second kappa shape index (κ2) is 7.88. The van der Waals surface area contributed by atoms with E-state index in [4.69, 9.17) is 9.84 Å². The quantitative estimate of drug-likeness (QED) is 0.862. The van der Waals surface area contributed by atoms with E-state index >= 15 is 0 Å². The SMILES string of the molecule is O=C(O)c1cnc(N2CCC(OC3CCN(C4CCC4)CC3)CC2)cn1. The van der Waals surface area contributed by atoms with Crippen LogP contribution in [0.3, 0.4) is 0 Å². The fourth-order valence-electron chi connectivity index (χ4n) is 4.22. The minimum absolute atomic E-state index is 0.0137. The van der Waals surface area contributed by atoms with E-state index in [1.165, 1.54) is 51.4 Å². The van der Waals surface area contributed by atoms with E-state index in [9.17, 15) is 4.79 Å². The zero-order valence-corrected chi connectivity index (χ0v) is 15.2. The van der Waals surface area contributed by atoms with Gasteiger partial charge in [0.15, 0.2) is 5.69 Å². The number of hydrogen-bond donors (Lipinski definition) is 1. The zero-order chi connectivity index (χ0) is 17.9. The van der Waals surface area contributed by atoms with Gasteiger partial charge < -0.3 is 19.6 Å². The molecule has 0 aromatic carbocycles. The molecule has 0 atom stereocenters. The van der Waals surface area contributed by atoms with Gasteiger partial charge in [0.2, 0.25) is 0 Å². The number of anilines is 1. The maximum atomic E-state index is 10.9. The van der Waals surface area contributed by atoms with Gasteiger partial charge in [0.05, 0.1) is 24.6 Å². The van der Waals surface area contributed by atoms with Crippen LogP contribution >= 0.6 is 0 Å². The largest absolute Gasteiger partial charge is 0.476 e. The highest BCUT2D eigenvalue weighted by Gasteiger charge is 2.30. The summed E-state index contributed by atoms with van der Waals surface area (Å²) in [4.78, 5) is 23.9. The molecular formula is C19H28N4O3. The summed E-state index contributed by atoms with van der Waals surface area (Å²) < 4.78 is 6.38. The maximum absolute atomic E-state index is 10.9. The third-order valence-corrected chi connectivity index (χ3v) is 6.08. The summed E-state index contributed by atoms with van der Waals surface area (Å²) >= 11 is 0. The van der Waals surface area contributed by atoms with Crippen molar-refractivity contribution < 1.29 is 14.6 Å². The average Bonchev–Trinajstić information content (AvgIpc) is 2.63. The number of carbonyl (C=O) groups is 1. The molecule has 3 aliphatic rings. The van der Waals surface area contributed by atoms with Crippen molar-refractivity contribution in [3.05, 3.63) is 18.1 Å². The summed E-state index contributed by atoms with van der Waals surface area (Å²) in [5.74, 6) is -0.290. The summed E-state index contributed by atoms with van der Waals surface area (Å²) in [5, 5.41) is 8.90. The van der Waals surface area contributed by atoms with Gasteiger partial charge in [-0.2, -0.15) is 0 Å². The second-order valence-electron chi connectivity index (χ2n) is 7.71. The van der Waals surface area contributed by atoms with Crippen molar-refractivity contribution in [2.24, 2.45) is 0 Å². The molecule has 2 saturated heterocycles. The fourth-order valence-corrected chi connectivity index (χ4v) is 4.22. The van der Waals surface area contributed by atoms with E-state index in [2.05, 4.69) is 19.8 Å². The highest BCUT2D eigenvalue weighted by Crippen LogP contribution is 2.29. The van der Waals surface area contributed by atoms with Gasteiger partial charge in [-0.05, 0) is 38.5 Å². The molecule has 7 heteroatoms. The van der Waals surface area contributed by atoms with Crippen LogP contribution in [-0.2, 0) is 4.74 Å². The Bertz CT molecular complexity index is 604. The minimum Gasteiger partial charge on any atom is -0.476 e. The number of piperidine rings is 2. The lowest BCUT2D eigenvalue weighted by molar-refractivity contribution is -0.0598. The van der Waals surface area contributed by atoms with E-state index in [1.807, 2.05) is 0 Å². The van der Waals surface area contributed by atoms with Gasteiger partial charge >= 0.3 is 5.97 Å². The monoisotopic (exact) mass is 360 g/mol. The van der Waals surface area contributed by atoms with Gasteiger partial charge in [-0.3, -0.25) is 0 Å². The molecular weight excluding hydrogens is 332 g/mol. The van der Waals surface area contributed by atoms with E-state index in [0.29, 0.717) is 12.2 Å². The average molecular weight is 360 g/mol. The van der Waals surface area contributed by atoms with Gasteiger partial charge in [-0.25, -0.2) is 14.8 Å². The van der Waals surface area contributed by atoms with Crippen molar-refractivity contribution in [3.8, 4) is 0 Å². The Kier molecular flexibility index (Phi) is 5.36. The van der Waals surface area contributed by atoms with E-state index in [0.717, 1.165) is 37.8 Å². The lowest BCUT2D eigenvalue weighted by atomic mass is 9.89. The van der Waals surface area contributed by atoms with Crippen LogP contribution in [0.4, 0.5) is 5.82 Å². The summed E-state index contributed by atoms with van der Waals surface area (Å²) in [6.07, 6.45) is 12.1. The fraction of sp³-hybridized carbons (Fsp3) is 0.737. The van der Waals surface area contributed by atoms with Crippen molar-refractivity contribution in [3.63, 3.8) is 0 Å². The van der Waals surface area contributed by atoms with Crippen molar-refractivity contribution in [2.75, 3.05) is 31.1 Å². The molecule has 4 rings (SSSR count). The first-order valence-electron chi connectivity index (χ1n) is 9.89. The number of rotatable bonds is 5. The van der Waals surface area contributed by atoms with Crippen LogP contribution in [0.1, 0.15) is 55.4 Å². The summed E-state index contributed by atoms with van der Waals surface area (Å²) in [5.41, 5.74) is -0.0137. The molecule has 1 saturated carbocycles. The first-order chi connectivity index (χ1) is 12.7. The van der Waals surface area contributed by atoms with Gasteiger partial charge in [0.25, 0.3) is 0 Å². The highest BCUT2D eigenvalue weighted by molar-refractivity contribution is 5.84. The Hall–Kier alpha value is -1.73. The van der Waals surface area contributed by atoms with Crippen molar-refractivity contribution in [2.45, 2.75) is 63.2 Å². The van der Waals surface area contributed by atoms with Gasteiger partial charge in [0.1, 0.15) is 5.82 Å². The number of hydrogen-bond acceptors (Lipinski definition) is 6. The zero-order valence-electron chi connectivity index (χ0n) is 15.2. The highest BCUT2D eigenvalue weighted by atomic mass is 16.5. The first kappa shape index (κ1) is 17.7. The van der Waals surface area contributed by atoms with Crippen molar-refractivity contribution in [1.82, 2.24) is 14.9 Å². The van der Waals surface area contributed by atoms with Gasteiger partial charge in [-0.1, -0.05) is 6.42 Å². The Morgan fingerprint density at radius 1 is 0.962 bits per heavy atom. The molecule has 1 aromatic rings. The van der Waals surface area contributed by atoms with Crippen molar-refractivity contribution in [1.29, 1.82) is 0 Å². The summed E-state index contributed by atoms with van der Waals surface area (Å²) in [7, 11) is 0. The lowest BCUT2D eigenvalue weighted by Crippen LogP contribution is -2.47. The number of carboxylic acid groups (broad SMARTS) is 1. The lowest BCUT2D eigenvalue weighted by Gasteiger charge is -2.42. The third-order valence-electron chi connectivity index (χ3n) is 6.08. The molecule has 1 N–H and O–H groups in total. The molecule has 1 aliphatic carbocycles. The van der Waals surface area contributed by atoms with Crippen molar-refractivity contribution >= 4 is 11.8 Å². The topological polar surface area (TPSA) is 78.8 Å². The van der Waals surface area contributed by atoms with Crippen LogP contribution in [0, 0.1) is 0 Å². The molecule has 142 valence electrons. The maximum Gasteiger partial charge on any atom is 0.356 e. The van der Waals surface area contributed by atoms with Crippen LogP contribution in [0.15, 0.2) is 12.4 Å². The molecule has 3 fully saturated rings. The molecule has 0 unspecified atom stereocenters. The smallest absolute Gasteiger partial charge is 0.356 e. The molecule has 0 spiro atoms. The molecule has 0 amide bonds. The Balaban J connectivity index is 1.21. The van der Waals surface area contributed by atoms with Crippen LogP contribution in [-0.4, -0.2) is 70.4 Å². The van der Waals surface area contributed by atoms with Gasteiger partial charge in [0, 0.05) is 32.2 Å². The standard InChI is InChI=1S/C19H28N4O3/c24-19(25)17-12-21-18(13-20-17)23-10-6-16(7-11-23)26-15-4-8-22(9-5-15)14-2-1-3-14/h12-16H,1-11H2,(H,24,25). The molecule has 26 heavy (non-hydrogen) atoms. The number of likely N-dealkylation sites (tertiary alicyclic amines) is 1. The molecule has 0 radical (unpaired) electrons. The normalized spacial score (nSPS) is 23.8. The Morgan fingerprint density at radius 2 is 1.62 bits per heavy atom. The number of aromatic nitrogens is 2. The molecule has 7 nitrogen and oxygen atoms in total. The van der Waals surface area contributed by atoms with E-state index < -0.39 is 5.97 Å². The Labute approximate surface area is 154 Å². The molecule has 1 aromatic heterocycles. The van der Waals surface area contributed by atoms with Crippen LogP contribution in [0.5, 0.6) is 0 Å². The van der Waals surface area contributed by atoms with Crippen LogP contribution in [0.2, 0.25) is 0 Å². The van der Waals surface area contributed by atoms with Crippen LogP contribution < -0.4 is 4.90 Å². The Morgan fingerprint density at radius 3 is 2.12 bits per heavy atom.